The molecule has 106 valence electrons. The molecule has 2 rings (SSSR count). The molecule has 2 N–H and O–H groups in total. The minimum atomic E-state index is -0.291. The Labute approximate surface area is 119 Å². The molecule has 0 unspecified atom stereocenters. The number of nitrogens with two attached hydrogens (primary N) is 1. The van der Waals surface area contributed by atoms with Crippen molar-refractivity contribution in [3.05, 3.63) is 65.2 Å². The van der Waals surface area contributed by atoms with Gasteiger partial charge in [0, 0.05) is 25.8 Å². The Balaban J connectivity index is 2.09. The van der Waals surface area contributed by atoms with Gasteiger partial charge in [-0.05, 0) is 29.3 Å². The van der Waals surface area contributed by atoms with Crippen molar-refractivity contribution >= 4 is 0 Å². The molecule has 1 aromatic heterocycles. The van der Waals surface area contributed by atoms with E-state index < -0.39 is 0 Å². The summed E-state index contributed by atoms with van der Waals surface area (Å²) in [4.78, 5) is 6.13. The minimum absolute atomic E-state index is 0.291. The predicted molar refractivity (Wildman–Crippen MR) is 78.3 cm³/mol. The summed E-state index contributed by atoms with van der Waals surface area (Å²) in [6.45, 7) is 5.00. The number of hydrogen-bond acceptors (Lipinski definition) is 3. The van der Waals surface area contributed by atoms with E-state index in [1.165, 1.54) is 17.8 Å². The lowest BCUT2D eigenvalue weighted by Gasteiger charge is -2.21. The first-order valence-corrected chi connectivity index (χ1v) is 6.81. The normalized spacial score (nSPS) is 11.0. The number of rotatable bonds is 6. The van der Waals surface area contributed by atoms with Gasteiger partial charge in [0.05, 0.1) is 6.20 Å². The van der Waals surface area contributed by atoms with Crippen LogP contribution in [0, 0.1) is 5.82 Å². The number of pyridine rings is 1. The fourth-order valence-electron chi connectivity index (χ4n) is 2.23. The van der Waals surface area contributed by atoms with Gasteiger partial charge in [-0.3, -0.25) is 9.88 Å². The Bertz CT molecular complexity index is 557. The zero-order chi connectivity index (χ0) is 14.4. The van der Waals surface area contributed by atoms with Crippen LogP contribution in [-0.2, 0) is 19.6 Å². The molecular weight excluding hydrogens is 253 g/mol. The van der Waals surface area contributed by atoms with Crippen LogP contribution in [-0.4, -0.2) is 16.4 Å². The average Bonchev–Trinajstić information content (AvgIpc) is 2.47. The highest BCUT2D eigenvalue weighted by atomic mass is 19.1. The summed E-state index contributed by atoms with van der Waals surface area (Å²) in [6.07, 6.45) is 2.93. The first kappa shape index (κ1) is 14.6. The molecule has 0 saturated heterocycles. The first-order chi connectivity index (χ1) is 9.72. The molecule has 0 aliphatic heterocycles. The van der Waals surface area contributed by atoms with Gasteiger partial charge in [-0.1, -0.05) is 31.2 Å². The Morgan fingerprint density at radius 3 is 2.55 bits per heavy atom. The van der Waals surface area contributed by atoms with Crippen molar-refractivity contribution in [2.75, 3.05) is 6.54 Å². The third kappa shape index (κ3) is 3.85. The van der Waals surface area contributed by atoms with Crippen molar-refractivity contribution in [2.24, 2.45) is 5.73 Å². The van der Waals surface area contributed by atoms with Gasteiger partial charge < -0.3 is 5.73 Å². The van der Waals surface area contributed by atoms with Crippen LogP contribution in [0.25, 0.3) is 0 Å². The minimum Gasteiger partial charge on any atom is -0.326 e. The van der Waals surface area contributed by atoms with Gasteiger partial charge in [0.1, 0.15) is 5.82 Å². The van der Waals surface area contributed by atoms with Crippen LogP contribution in [0.5, 0.6) is 0 Å². The maximum atomic E-state index is 13.2. The summed E-state index contributed by atoms with van der Waals surface area (Å²) in [5.74, 6) is -0.291. The van der Waals surface area contributed by atoms with E-state index in [9.17, 15) is 4.39 Å². The molecule has 3 nitrogen and oxygen atoms in total. The quantitative estimate of drug-likeness (QED) is 0.880. The molecule has 2 aromatic rings. The first-order valence-electron chi connectivity index (χ1n) is 6.81. The van der Waals surface area contributed by atoms with Gasteiger partial charge >= 0.3 is 0 Å². The molecule has 0 saturated carbocycles. The van der Waals surface area contributed by atoms with E-state index >= 15 is 0 Å². The number of aromatic nitrogens is 1. The van der Waals surface area contributed by atoms with Gasteiger partial charge in [-0.15, -0.1) is 0 Å². The Kier molecular flexibility index (Phi) is 5.21. The summed E-state index contributed by atoms with van der Waals surface area (Å²) in [6, 6.07) is 9.69. The molecule has 0 bridgehead atoms. The average molecular weight is 273 g/mol. The van der Waals surface area contributed by atoms with Crippen molar-refractivity contribution in [3.8, 4) is 0 Å². The fraction of sp³-hybridized carbons (Fsp3) is 0.312. The summed E-state index contributed by atoms with van der Waals surface area (Å²) < 4.78 is 13.2. The molecular formula is C16H20FN3. The van der Waals surface area contributed by atoms with Crippen molar-refractivity contribution in [1.29, 1.82) is 0 Å². The Morgan fingerprint density at radius 2 is 1.90 bits per heavy atom. The Hall–Kier alpha value is -1.78. The van der Waals surface area contributed by atoms with E-state index in [-0.39, 0.29) is 5.82 Å². The maximum Gasteiger partial charge on any atom is 0.141 e. The summed E-state index contributed by atoms with van der Waals surface area (Å²) in [5.41, 5.74) is 9.03. The highest BCUT2D eigenvalue weighted by Crippen LogP contribution is 2.13. The standard InChI is InChI=1S/C16H20FN3/c1-2-20(11-13-7-16(17)10-19-9-13)12-15-6-4-3-5-14(15)8-18/h3-7,9-10H,2,8,11-12,18H2,1H3. The third-order valence-corrected chi connectivity index (χ3v) is 3.35. The molecule has 0 spiro atoms. The van der Waals surface area contributed by atoms with Gasteiger partial charge in [0.25, 0.3) is 0 Å². The highest BCUT2D eigenvalue weighted by molar-refractivity contribution is 5.27. The van der Waals surface area contributed by atoms with E-state index in [1.807, 2.05) is 18.2 Å². The molecule has 0 atom stereocenters. The maximum absolute atomic E-state index is 13.2. The molecule has 0 aliphatic rings. The van der Waals surface area contributed by atoms with Gasteiger partial charge in [0.2, 0.25) is 0 Å². The van der Waals surface area contributed by atoms with Crippen LogP contribution in [0.3, 0.4) is 0 Å². The van der Waals surface area contributed by atoms with Crippen LogP contribution < -0.4 is 5.73 Å². The SMILES string of the molecule is CCN(Cc1cncc(F)c1)Cc1ccccc1CN. The molecule has 0 fully saturated rings. The predicted octanol–water partition coefficient (Wildman–Crippen LogP) is 2.70. The van der Waals surface area contributed by atoms with E-state index in [4.69, 9.17) is 5.73 Å². The fourth-order valence-corrected chi connectivity index (χ4v) is 2.23. The monoisotopic (exact) mass is 273 g/mol. The van der Waals surface area contributed by atoms with Crippen LogP contribution in [0.15, 0.2) is 42.7 Å². The van der Waals surface area contributed by atoms with E-state index in [0.717, 1.165) is 24.2 Å². The van der Waals surface area contributed by atoms with Crippen LogP contribution in [0.4, 0.5) is 4.39 Å². The summed E-state index contributed by atoms with van der Waals surface area (Å²) in [5, 5.41) is 0. The van der Waals surface area contributed by atoms with E-state index in [2.05, 4.69) is 22.9 Å². The molecule has 0 aliphatic carbocycles. The van der Waals surface area contributed by atoms with Gasteiger partial charge in [0.15, 0.2) is 0 Å². The number of nitrogens with zero attached hydrogens (tertiary/aromatic N) is 2. The number of halogens is 1. The topological polar surface area (TPSA) is 42.2 Å². The number of benzene rings is 1. The number of hydrogen-bond donors (Lipinski definition) is 1. The summed E-state index contributed by atoms with van der Waals surface area (Å²) in [7, 11) is 0. The second-order valence-corrected chi connectivity index (χ2v) is 4.79. The van der Waals surface area contributed by atoms with Crippen molar-refractivity contribution in [3.63, 3.8) is 0 Å². The molecule has 0 radical (unpaired) electrons. The molecule has 4 heteroatoms. The van der Waals surface area contributed by atoms with E-state index in [1.54, 1.807) is 6.20 Å². The zero-order valence-electron chi connectivity index (χ0n) is 11.7. The van der Waals surface area contributed by atoms with Gasteiger partial charge in [-0.25, -0.2) is 4.39 Å². The smallest absolute Gasteiger partial charge is 0.141 e. The highest BCUT2D eigenvalue weighted by Gasteiger charge is 2.08. The van der Waals surface area contributed by atoms with E-state index in [0.29, 0.717) is 13.1 Å². The molecule has 0 amide bonds. The van der Waals surface area contributed by atoms with Crippen LogP contribution >= 0.6 is 0 Å². The zero-order valence-corrected chi connectivity index (χ0v) is 11.7. The lowest BCUT2D eigenvalue weighted by atomic mass is 10.1. The van der Waals surface area contributed by atoms with Crippen LogP contribution in [0.1, 0.15) is 23.6 Å². The molecule has 20 heavy (non-hydrogen) atoms. The lowest BCUT2D eigenvalue weighted by molar-refractivity contribution is 0.270. The lowest BCUT2D eigenvalue weighted by Crippen LogP contribution is -2.23. The summed E-state index contributed by atoms with van der Waals surface area (Å²) >= 11 is 0. The second-order valence-electron chi connectivity index (χ2n) is 4.79. The van der Waals surface area contributed by atoms with Gasteiger partial charge in [-0.2, -0.15) is 0 Å². The Morgan fingerprint density at radius 1 is 1.15 bits per heavy atom. The molecule has 1 aromatic carbocycles. The van der Waals surface area contributed by atoms with Crippen molar-refractivity contribution < 1.29 is 4.39 Å². The van der Waals surface area contributed by atoms with Crippen molar-refractivity contribution in [2.45, 2.75) is 26.6 Å². The second kappa shape index (κ2) is 7.12. The molecule has 1 heterocycles. The third-order valence-electron chi connectivity index (χ3n) is 3.35. The largest absolute Gasteiger partial charge is 0.326 e. The van der Waals surface area contributed by atoms with Crippen LogP contribution in [0.2, 0.25) is 0 Å². The van der Waals surface area contributed by atoms with Crippen molar-refractivity contribution in [1.82, 2.24) is 9.88 Å².